The van der Waals surface area contributed by atoms with Crippen LogP contribution in [0.2, 0.25) is 5.02 Å². The molecule has 150 valence electrons. The number of hydrogen-bond donors (Lipinski definition) is 1. The van der Waals surface area contributed by atoms with Gasteiger partial charge in [-0.15, -0.1) is 5.10 Å². The van der Waals surface area contributed by atoms with E-state index in [1.165, 1.54) is 5.56 Å². The van der Waals surface area contributed by atoms with E-state index < -0.39 is 0 Å². The number of hydrogen-bond acceptors (Lipinski definition) is 3. The fraction of sp³-hybridized carbons (Fsp3) is 0.125. The molecule has 0 bridgehead atoms. The molecule has 0 saturated heterocycles. The molecule has 1 amide bonds. The van der Waals surface area contributed by atoms with Gasteiger partial charge in [0, 0.05) is 17.1 Å². The number of aromatic nitrogens is 3. The van der Waals surface area contributed by atoms with E-state index >= 15 is 0 Å². The molecule has 0 atom stereocenters. The van der Waals surface area contributed by atoms with Gasteiger partial charge in [-0.25, -0.2) is 9.67 Å². The molecule has 6 heteroatoms. The van der Waals surface area contributed by atoms with E-state index in [2.05, 4.69) is 22.3 Å². The molecule has 30 heavy (non-hydrogen) atoms. The molecular formula is C24H21ClN4O. The summed E-state index contributed by atoms with van der Waals surface area (Å²) in [4.78, 5) is 17.3. The smallest absolute Gasteiger partial charge is 0.291 e. The van der Waals surface area contributed by atoms with Gasteiger partial charge >= 0.3 is 0 Å². The lowest BCUT2D eigenvalue weighted by molar-refractivity contribution is 0.0940. The third-order valence-electron chi connectivity index (χ3n) is 4.94. The van der Waals surface area contributed by atoms with Crippen molar-refractivity contribution in [1.82, 2.24) is 20.1 Å². The van der Waals surface area contributed by atoms with Gasteiger partial charge in [0.05, 0.1) is 5.69 Å². The van der Waals surface area contributed by atoms with Crippen LogP contribution in [0.5, 0.6) is 0 Å². The number of nitrogens with one attached hydrogen (secondary N) is 1. The van der Waals surface area contributed by atoms with E-state index in [1.54, 1.807) is 16.8 Å². The summed E-state index contributed by atoms with van der Waals surface area (Å²) in [7, 11) is 0. The maximum atomic E-state index is 12.8. The average Bonchev–Trinajstić information content (AvgIpc) is 3.21. The van der Waals surface area contributed by atoms with E-state index in [4.69, 9.17) is 11.6 Å². The molecule has 0 fully saturated rings. The summed E-state index contributed by atoms with van der Waals surface area (Å²) >= 11 is 6.04. The van der Waals surface area contributed by atoms with Crippen LogP contribution in [0.3, 0.4) is 0 Å². The van der Waals surface area contributed by atoms with Crippen molar-refractivity contribution >= 4 is 17.5 Å². The topological polar surface area (TPSA) is 59.8 Å². The second-order valence-electron chi connectivity index (χ2n) is 7.11. The Morgan fingerprint density at radius 1 is 0.967 bits per heavy atom. The summed E-state index contributed by atoms with van der Waals surface area (Å²) in [6, 6.07) is 23.1. The normalized spacial score (nSPS) is 10.8. The van der Waals surface area contributed by atoms with Gasteiger partial charge in [0.1, 0.15) is 0 Å². The van der Waals surface area contributed by atoms with E-state index in [9.17, 15) is 4.79 Å². The maximum Gasteiger partial charge on any atom is 0.291 e. The lowest BCUT2D eigenvalue weighted by Crippen LogP contribution is -2.24. The van der Waals surface area contributed by atoms with E-state index in [0.29, 0.717) is 17.4 Å². The largest absolute Gasteiger partial charge is 0.345 e. The van der Waals surface area contributed by atoms with Crippen molar-refractivity contribution in [2.45, 2.75) is 20.4 Å². The lowest BCUT2D eigenvalue weighted by atomic mass is 10.1. The van der Waals surface area contributed by atoms with Crippen LogP contribution in [0.25, 0.3) is 17.1 Å². The van der Waals surface area contributed by atoms with Gasteiger partial charge in [-0.3, -0.25) is 4.79 Å². The molecule has 0 aliphatic carbocycles. The molecule has 0 radical (unpaired) electrons. The molecule has 3 aromatic carbocycles. The van der Waals surface area contributed by atoms with Crippen molar-refractivity contribution < 1.29 is 4.79 Å². The van der Waals surface area contributed by atoms with Crippen LogP contribution in [-0.4, -0.2) is 20.7 Å². The minimum Gasteiger partial charge on any atom is -0.345 e. The number of halogens is 1. The predicted molar refractivity (Wildman–Crippen MR) is 119 cm³/mol. The highest BCUT2D eigenvalue weighted by Gasteiger charge is 2.19. The molecule has 1 heterocycles. The molecule has 0 aliphatic rings. The van der Waals surface area contributed by atoms with Crippen molar-refractivity contribution in [2.24, 2.45) is 0 Å². The SMILES string of the molecule is Cc1ccc(-n2nc(C(=O)NCc3ccccc3)nc2-c2ccc(Cl)cc2)cc1C. The highest BCUT2D eigenvalue weighted by molar-refractivity contribution is 6.30. The Bertz CT molecular complexity index is 1180. The highest BCUT2D eigenvalue weighted by atomic mass is 35.5. The fourth-order valence-corrected chi connectivity index (χ4v) is 3.21. The summed E-state index contributed by atoms with van der Waals surface area (Å²) in [5.41, 5.74) is 5.01. The van der Waals surface area contributed by atoms with E-state index in [1.807, 2.05) is 67.6 Å². The number of carbonyl (C=O) groups is 1. The van der Waals surface area contributed by atoms with Crippen molar-refractivity contribution in [3.63, 3.8) is 0 Å². The van der Waals surface area contributed by atoms with Crippen LogP contribution in [0, 0.1) is 13.8 Å². The molecule has 0 spiro atoms. The number of aryl methyl sites for hydroxylation is 2. The Balaban J connectivity index is 1.70. The van der Waals surface area contributed by atoms with Gasteiger partial charge < -0.3 is 5.32 Å². The Morgan fingerprint density at radius 2 is 1.70 bits per heavy atom. The molecule has 0 unspecified atom stereocenters. The minimum atomic E-state index is -0.323. The summed E-state index contributed by atoms with van der Waals surface area (Å²) in [5, 5.41) is 8.05. The Kier molecular flexibility index (Phi) is 5.63. The third-order valence-corrected chi connectivity index (χ3v) is 5.20. The number of carbonyl (C=O) groups excluding carboxylic acids is 1. The number of benzene rings is 3. The standard InChI is InChI=1S/C24H21ClN4O/c1-16-8-13-21(14-17(16)2)29-23(19-9-11-20(25)12-10-19)27-22(28-29)24(30)26-15-18-6-4-3-5-7-18/h3-14H,15H2,1-2H3,(H,26,30). The second kappa shape index (κ2) is 8.51. The first-order valence-electron chi connectivity index (χ1n) is 9.64. The van der Waals surface area contributed by atoms with Gasteiger partial charge in [-0.2, -0.15) is 0 Å². The molecule has 0 saturated carbocycles. The zero-order chi connectivity index (χ0) is 21.1. The summed E-state index contributed by atoms with van der Waals surface area (Å²) < 4.78 is 1.70. The van der Waals surface area contributed by atoms with E-state index in [-0.39, 0.29) is 11.7 Å². The summed E-state index contributed by atoms with van der Waals surface area (Å²) in [6.07, 6.45) is 0. The molecular weight excluding hydrogens is 396 g/mol. The second-order valence-corrected chi connectivity index (χ2v) is 7.55. The highest BCUT2D eigenvalue weighted by Crippen LogP contribution is 2.24. The van der Waals surface area contributed by atoms with Crippen LogP contribution in [0.4, 0.5) is 0 Å². The lowest BCUT2D eigenvalue weighted by Gasteiger charge is -2.08. The van der Waals surface area contributed by atoms with Crippen LogP contribution in [-0.2, 0) is 6.54 Å². The predicted octanol–water partition coefficient (Wildman–Crippen LogP) is 5.13. The van der Waals surface area contributed by atoms with Crippen LogP contribution >= 0.6 is 11.6 Å². The molecule has 1 aromatic heterocycles. The van der Waals surface area contributed by atoms with E-state index in [0.717, 1.165) is 22.4 Å². The zero-order valence-corrected chi connectivity index (χ0v) is 17.5. The number of rotatable bonds is 5. The van der Waals surface area contributed by atoms with Crippen LogP contribution in [0.1, 0.15) is 27.3 Å². The summed E-state index contributed by atoms with van der Waals surface area (Å²) in [6.45, 7) is 4.52. The van der Waals surface area contributed by atoms with Crippen molar-refractivity contribution in [2.75, 3.05) is 0 Å². The van der Waals surface area contributed by atoms with Crippen LogP contribution in [0.15, 0.2) is 72.8 Å². The van der Waals surface area contributed by atoms with Crippen molar-refractivity contribution in [3.8, 4) is 17.1 Å². The first kappa shape index (κ1) is 19.9. The minimum absolute atomic E-state index is 0.120. The van der Waals surface area contributed by atoms with Gasteiger partial charge in [-0.1, -0.05) is 48.0 Å². The van der Waals surface area contributed by atoms with Gasteiger partial charge in [0.2, 0.25) is 5.82 Å². The zero-order valence-electron chi connectivity index (χ0n) is 16.8. The molecule has 0 aliphatic heterocycles. The monoisotopic (exact) mass is 416 g/mol. The van der Waals surface area contributed by atoms with Crippen molar-refractivity contribution in [3.05, 3.63) is 100 Å². The number of nitrogens with zero attached hydrogens (tertiary/aromatic N) is 3. The quantitative estimate of drug-likeness (QED) is 0.490. The van der Waals surface area contributed by atoms with Gasteiger partial charge in [0.15, 0.2) is 5.82 Å². The first-order valence-corrected chi connectivity index (χ1v) is 10.0. The third kappa shape index (κ3) is 4.26. The summed E-state index contributed by atoms with van der Waals surface area (Å²) in [5.74, 6) is 0.380. The van der Waals surface area contributed by atoms with Crippen LogP contribution < -0.4 is 5.32 Å². The molecule has 5 nitrogen and oxygen atoms in total. The van der Waals surface area contributed by atoms with Gasteiger partial charge in [0.25, 0.3) is 5.91 Å². The van der Waals surface area contributed by atoms with Crippen molar-refractivity contribution in [1.29, 1.82) is 0 Å². The average molecular weight is 417 g/mol. The first-order chi connectivity index (χ1) is 14.5. The molecule has 4 rings (SSSR count). The molecule has 1 N–H and O–H groups in total. The maximum absolute atomic E-state index is 12.8. The fourth-order valence-electron chi connectivity index (χ4n) is 3.09. The Hall–Kier alpha value is -3.44. The molecule has 4 aromatic rings. The number of amides is 1. The van der Waals surface area contributed by atoms with Gasteiger partial charge in [-0.05, 0) is 66.9 Å². The Morgan fingerprint density at radius 3 is 2.40 bits per heavy atom. The Labute approximate surface area is 180 Å².